The van der Waals surface area contributed by atoms with Gasteiger partial charge in [-0.1, -0.05) is 56.6 Å². The van der Waals surface area contributed by atoms with Gasteiger partial charge in [0.15, 0.2) is 0 Å². The molecule has 0 heterocycles. The van der Waals surface area contributed by atoms with Gasteiger partial charge in [0.1, 0.15) is 5.82 Å². The van der Waals surface area contributed by atoms with Crippen LogP contribution in [0.1, 0.15) is 38.3 Å². The topological polar surface area (TPSA) is 29.1 Å². The fraction of sp³-hybridized carbons (Fsp3) is 0.316. The van der Waals surface area contributed by atoms with Crippen molar-refractivity contribution in [2.75, 3.05) is 5.32 Å². The third kappa shape index (κ3) is 5.07. The molecule has 2 aromatic rings. The minimum Gasteiger partial charge on any atom is -0.326 e. The number of anilines is 1. The number of carbonyl (C=O) groups is 1. The second kappa shape index (κ2) is 7.14. The lowest BCUT2D eigenvalue weighted by Gasteiger charge is -2.19. The fourth-order valence-electron chi connectivity index (χ4n) is 2.23. The van der Waals surface area contributed by atoms with E-state index in [-0.39, 0.29) is 16.3 Å². The number of nitrogens with one attached hydrogen (secondary N) is 1. The van der Waals surface area contributed by atoms with Crippen LogP contribution < -0.4 is 5.32 Å². The van der Waals surface area contributed by atoms with Crippen LogP contribution in [0.3, 0.4) is 0 Å². The van der Waals surface area contributed by atoms with Crippen molar-refractivity contribution in [2.24, 2.45) is 0 Å². The standard InChI is InChI=1S/C19H21ClFNO/c1-19(2,3)14-7-4-13(5-8-14)6-11-18(23)22-15-9-10-17(21)16(20)12-15/h4-5,7-10,12H,6,11H2,1-3H3,(H,22,23). The van der Waals surface area contributed by atoms with Gasteiger partial charge in [-0.2, -0.15) is 0 Å². The Balaban J connectivity index is 1.90. The van der Waals surface area contributed by atoms with Gasteiger partial charge in [-0.3, -0.25) is 4.79 Å². The normalized spacial score (nSPS) is 11.3. The Morgan fingerprint density at radius 1 is 1.13 bits per heavy atom. The van der Waals surface area contributed by atoms with Gasteiger partial charge in [0, 0.05) is 12.1 Å². The molecule has 0 unspecified atom stereocenters. The first-order valence-electron chi connectivity index (χ1n) is 7.60. The van der Waals surface area contributed by atoms with Crippen LogP contribution in [0.4, 0.5) is 10.1 Å². The quantitative estimate of drug-likeness (QED) is 0.803. The molecule has 122 valence electrons. The van der Waals surface area contributed by atoms with E-state index in [4.69, 9.17) is 11.6 Å². The van der Waals surface area contributed by atoms with Crippen LogP contribution >= 0.6 is 11.6 Å². The van der Waals surface area contributed by atoms with E-state index >= 15 is 0 Å². The van der Waals surface area contributed by atoms with E-state index in [9.17, 15) is 9.18 Å². The third-order valence-electron chi connectivity index (χ3n) is 3.66. The molecule has 0 fully saturated rings. The predicted octanol–water partition coefficient (Wildman–Crippen LogP) is 5.35. The molecule has 1 amide bonds. The summed E-state index contributed by atoms with van der Waals surface area (Å²) < 4.78 is 13.1. The van der Waals surface area contributed by atoms with Gasteiger partial charge in [0.25, 0.3) is 0 Å². The molecule has 0 aliphatic heterocycles. The zero-order valence-electron chi connectivity index (χ0n) is 13.6. The first-order valence-corrected chi connectivity index (χ1v) is 7.98. The predicted molar refractivity (Wildman–Crippen MR) is 93.5 cm³/mol. The summed E-state index contributed by atoms with van der Waals surface area (Å²) in [5.74, 6) is -0.615. The Morgan fingerprint density at radius 3 is 2.35 bits per heavy atom. The highest BCUT2D eigenvalue weighted by molar-refractivity contribution is 6.31. The molecule has 2 aromatic carbocycles. The zero-order chi connectivity index (χ0) is 17.0. The molecule has 2 nitrogen and oxygen atoms in total. The summed E-state index contributed by atoms with van der Waals surface area (Å²) in [6.45, 7) is 6.51. The lowest BCUT2D eigenvalue weighted by Crippen LogP contribution is -2.13. The molecule has 2 rings (SSSR count). The van der Waals surface area contributed by atoms with Gasteiger partial charge in [-0.25, -0.2) is 4.39 Å². The number of rotatable bonds is 4. The van der Waals surface area contributed by atoms with Gasteiger partial charge in [0.05, 0.1) is 5.02 Å². The van der Waals surface area contributed by atoms with Gasteiger partial charge < -0.3 is 5.32 Å². The number of amides is 1. The molecule has 0 saturated heterocycles. The molecule has 0 aliphatic rings. The summed E-state index contributed by atoms with van der Waals surface area (Å²) >= 11 is 5.70. The van der Waals surface area contributed by atoms with Crippen LogP contribution in [-0.2, 0) is 16.6 Å². The van der Waals surface area contributed by atoms with Crippen LogP contribution in [0.5, 0.6) is 0 Å². The van der Waals surface area contributed by atoms with Crippen molar-refractivity contribution in [1.29, 1.82) is 0 Å². The highest BCUT2D eigenvalue weighted by Crippen LogP contribution is 2.23. The van der Waals surface area contributed by atoms with E-state index in [1.54, 1.807) is 0 Å². The molecule has 1 N–H and O–H groups in total. The molecule has 0 spiro atoms. The average molecular weight is 334 g/mol. The van der Waals surface area contributed by atoms with Crippen molar-refractivity contribution in [2.45, 2.75) is 39.0 Å². The number of hydrogen-bond donors (Lipinski definition) is 1. The largest absolute Gasteiger partial charge is 0.326 e. The zero-order valence-corrected chi connectivity index (χ0v) is 14.4. The van der Waals surface area contributed by atoms with Crippen molar-refractivity contribution in [1.82, 2.24) is 0 Å². The molecule has 0 radical (unpaired) electrons. The number of benzene rings is 2. The Morgan fingerprint density at radius 2 is 1.78 bits per heavy atom. The summed E-state index contributed by atoms with van der Waals surface area (Å²) in [5.41, 5.74) is 3.01. The van der Waals surface area contributed by atoms with Crippen LogP contribution in [0.2, 0.25) is 5.02 Å². The maximum absolute atomic E-state index is 13.1. The van der Waals surface area contributed by atoms with E-state index in [1.165, 1.54) is 23.8 Å². The summed E-state index contributed by atoms with van der Waals surface area (Å²) in [7, 11) is 0. The van der Waals surface area contributed by atoms with Crippen LogP contribution in [-0.4, -0.2) is 5.91 Å². The number of hydrogen-bond acceptors (Lipinski definition) is 1. The van der Waals surface area contributed by atoms with E-state index < -0.39 is 5.82 Å². The number of halogens is 2. The second-order valence-corrected chi connectivity index (χ2v) is 7.03. The Bertz CT molecular complexity index is 690. The van der Waals surface area contributed by atoms with Gasteiger partial charge in [-0.15, -0.1) is 0 Å². The summed E-state index contributed by atoms with van der Waals surface area (Å²) in [6.07, 6.45) is 1.02. The lowest BCUT2D eigenvalue weighted by atomic mass is 9.86. The van der Waals surface area contributed by atoms with Crippen molar-refractivity contribution in [3.8, 4) is 0 Å². The van der Waals surface area contributed by atoms with E-state index in [0.717, 1.165) is 5.56 Å². The molecule has 0 atom stereocenters. The van der Waals surface area contributed by atoms with Gasteiger partial charge in [-0.05, 0) is 41.2 Å². The molecular formula is C19H21ClFNO. The van der Waals surface area contributed by atoms with Gasteiger partial charge >= 0.3 is 0 Å². The van der Waals surface area contributed by atoms with Crippen LogP contribution in [0.25, 0.3) is 0 Å². The van der Waals surface area contributed by atoms with Crippen molar-refractivity contribution in [3.63, 3.8) is 0 Å². The first-order chi connectivity index (χ1) is 10.8. The second-order valence-electron chi connectivity index (χ2n) is 6.62. The van der Waals surface area contributed by atoms with E-state index in [0.29, 0.717) is 18.5 Å². The van der Waals surface area contributed by atoms with Crippen LogP contribution in [0, 0.1) is 5.82 Å². The summed E-state index contributed by atoms with van der Waals surface area (Å²) in [4.78, 5) is 12.0. The highest BCUT2D eigenvalue weighted by Gasteiger charge is 2.13. The number of carbonyl (C=O) groups excluding carboxylic acids is 1. The molecular weight excluding hydrogens is 313 g/mol. The molecule has 0 aromatic heterocycles. The van der Waals surface area contributed by atoms with E-state index in [2.05, 4.69) is 50.4 Å². The molecule has 0 bridgehead atoms. The molecule has 4 heteroatoms. The summed E-state index contributed by atoms with van der Waals surface area (Å²) in [6, 6.07) is 12.5. The Hall–Kier alpha value is -1.87. The molecule has 0 saturated carbocycles. The van der Waals surface area contributed by atoms with Crippen molar-refractivity contribution < 1.29 is 9.18 Å². The molecule has 0 aliphatic carbocycles. The Kier molecular flexibility index (Phi) is 5.42. The monoisotopic (exact) mass is 333 g/mol. The van der Waals surface area contributed by atoms with Crippen molar-refractivity contribution in [3.05, 3.63) is 64.4 Å². The third-order valence-corrected chi connectivity index (χ3v) is 3.95. The van der Waals surface area contributed by atoms with Crippen molar-refractivity contribution >= 4 is 23.2 Å². The minimum absolute atomic E-state index is 0.000527. The lowest BCUT2D eigenvalue weighted by molar-refractivity contribution is -0.116. The molecule has 23 heavy (non-hydrogen) atoms. The van der Waals surface area contributed by atoms with E-state index in [1.807, 2.05) is 0 Å². The van der Waals surface area contributed by atoms with Gasteiger partial charge in [0.2, 0.25) is 5.91 Å². The highest BCUT2D eigenvalue weighted by atomic mass is 35.5. The average Bonchev–Trinajstić information content (AvgIpc) is 2.48. The maximum atomic E-state index is 13.1. The SMILES string of the molecule is CC(C)(C)c1ccc(CCC(=O)Nc2ccc(F)c(Cl)c2)cc1. The first kappa shape index (κ1) is 17.5. The summed E-state index contributed by atoms with van der Waals surface area (Å²) in [5, 5.41) is 2.73. The smallest absolute Gasteiger partial charge is 0.224 e. The number of aryl methyl sites for hydroxylation is 1. The fourth-order valence-corrected chi connectivity index (χ4v) is 2.41. The maximum Gasteiger partial charge on any atom is 0.224 e. The minimum atomic E-state index is -0.497. The van der Waals surface area contributed by atoms with Crippen LogP contribution in [0.15, 0.2) is 42.5 Å². The Labute approximate surface area is 141 Å².